The fourth-order valence-electron chi connectivity index (χ4n) is 3.65. The highest BCUT2D eigenvalue weighted by Crippen LogP contribution is 2.33. The Kier molecular flexibility index (Phi) is 5.53. The second-order valence-corrected chi connectivity index (χ2v) is 6.98. The monoisotopic (exact) mass is 366 g/mol. The van der Waals surface area contributed by atoms with Gasteiger partial charge in [-0.2, -0.15) is 5.26 Å². The van der Waals surface area contributed by atoms with E-state index in [9.17, 15) is 25.7 Å². The van der Waals surface area contributed by atoms with Gasteiger partial charge in [0.2, 0.25) is 0 Å². The third-order valence-corrected chi connectivity index (χ3v) is 5.45. The topological polar surface area (TPSA) is 119 Å². The smallest absolute Gasteiger partial charge is 0.164 e. The molecule has 1 aliphatic carbocycles. The van der Waals surface area contributed by atoms with Crippen molar-refractivity contribution < 1.29 is 25.2 Å². The molecule has 2 heterocycles. The lowest BCUT2D eigenvalue weighted by molar-refractivity contribution is -0.252. The van der Waals surface area contributed by atoms with Crippen molar-refractivity contribution >= 4 is 12.2 Å². The zero-order valence-electron chi connectivity index (χ0n) is 13.7. The van der Waals surface area contributed by atoms with E-state index in [0.29, 0.717) is 5.56 Å². The van der Waals surface area contributed by atoms with E-state index in [4.69, 9.17) is 17.0 Å². The maximum atomic E-state index is 10.5. The number of aliphatic hydroxyl groups excluding tert-OH is 4. The molecule has 0 radical (unpaired) electrons. The molecule has 0 bridgehead atoms. The van der Waals surface area contributed by atoms with Crippen molar-refractivity contribution in [2.24, 2.45) is 0 Å². The number of rotatable bonds is 2. The zero-order chi connectivity index (χ0) is 18.1. The van der Waals surface area contributed by atoms with Crippen LogP contribution in [-0.4, -0.2) is 56.0 Å². The van der Waals surface area contributed by atoms with Gasteiger partial charge in [-0.25, -0.2) is 0 Å². The molecule has 4 N–H and O–H groups in total. The molecule has 1 saturated heterocycles. The number of aliphatic hydroxyl groups is 4. The normalized spacial score (nSPS) is 32.5. The first-order chi connectivity index (χ1) is 12.0. The van der Waals surface area contributed by atoms with Crippen molar-refractivity contribution in [3.05, 3.63) is 27.5 Å². The second-order valence-electron chi connectivity index (χ2n) is 6.60. The number of aromatic nitrogens is 1. The first-order valence-corrected chi connectivity index (χ1v) is 8.88. The minimum Gasteiger partial charge on any atom is -0.394 e. The van der Waals surface area contributed by atoms with Crippen molar-refractivity contribution in [2.45, 2.75) is 62.7 Å². The van der Waals surface area contributed by atoms with Crippen LogP contribution in [0.15, 0.2) is 6.07 Å². The van der Waals surface area contributed by atoms with Crippen LogP contribution >= 0.6 is 12.2 Å². The molecule has 2 aliphatic rings. The number of hydrogen-bond acceptors (Lipinski definition) is 7. The van der Waals surface area contributed by atoms with Crippen molar-refractivity contribution in [3.63, 3.8) is 0 Å². The molecule has 5 atom stereocenters. The van der Waals surface area contributed by atoms with Gasteiger partial charge in [-0.3, -0.25) is 0 Å². The van der Waals surface area contributed by atoms with Crippen molar-refractivity contribution in [3.8, 4) is 6.07 Å². The van der Waals surface area contributed by atoms with Crippen LogP contribution in [0.25, 0.3) is 0 Å². The highest BCUT2D eigenvalue weighted by atomic mass is 32.1. The van der Waals surface area contributed by atoms with Gasteiger partial charge >= 0.3 is 0 Å². The predicted molar refractivity (Wildman–Crippen MR) is 90.3 cm³/mol. The van der Waals surface area contributed by atoms with E-state index in [0.717, 1.165) is 43.4 Å². The lowest BCUT2D eigenvalue weighted by atomic mass is 9.97. The molecular weight excluding hydrogens is 344 g/mol. The summed E-state index contributed by atoms with van der Waals surface area (Å²) in [6.07, 6.45) is -1.89. The third kappa shape index (κ3) is 3.24. The average molecular weight is 366 g/mol. The van der Waals surface area contributed by atoms with Gasteiger partial charge in [-0.05, 0) is 37.3 Å². The molecule has 1 aromatic heterocycles. The van der Waals surface area contributed by atoms with Gasteiger partial charge in [0, 0.05) is 5.69 Å². The van der Waals surface area contributed by atoms with E-state index in [-0.39, 0.29) is 4.64 Å². The van der Waals surface area contributed by atoms with Crippen LogP contribution in [0.4, 0.5) is 0 Å². The highest BCUT2D eigenvalue weighted by Gasteiger charge is 2.45. The quantitative estimate of drug-likeness (QED) is 0.440. The van der Waals surface area contributed by atoms with E-state index in [1.54, 1.807) is 10.6 Å². The molecule has 1 fully saturated rings. The Bertz CT molecular complexity index is 742. The Labute approximate surface area is 150 Å². The van der Waals surface area contributed by atoms with Crippen molar-refractivity contribution in [1.29, 1.82) is 5.26 Å². The lowest BCUT2D eigenvalue weighted by Crippen LogP contribution is -2.56. The van der Waals surface area contributed by atoms with Crippen LogP contribution in [0, 0.1) is 16.0 Å². The zero-order valence-corrected chi connectivity index (χ0v) is 14.5. The molecule has 7 nitrogen and oxygen atoms in total. The number of nitriles is 1. The van der Waals surface area contributed by atoms with Crippen LogP contribution in [0.3, 0.4) is 0 Å². The Morgan fingerprint density at radius 3 is 2.56 bits per heavy atom. The number of pyridine rings is 1. The number of aryl methyl sites for hydroxylation is 1. The number of ether oxygens (including phenoxy) is 1. The second kappa shape index (κ2) is 7.50. The van der Waals surface area contributed by atoms with E-state index < -0.39 is 37.3 Å². The Morgan fingerprint density at radius 1 is 1.16 bits per heavy atom. The minimum absolute atomic E-state index is 0.229. The maximum Gasteiger partial charge on any atom is 0.164 e. The van der Waals surface area contributed by atoms with E-state index in [2.05, 4.69) is 6.07 Å². The maximum absolute atomic E-state index is 10.5. The van der Waals surface area contributed by atoms with E-state index in [1.807, 2.05) is 0 Å². The van der Waals surface area contributed by atoms with E-state index in [1.165, 1.54) is 0 Å². The molecule has 1 aromatic rings. The Balaban J connectivity index is 2.15. The molecule has 0 spiro atoms. The molecule has 3 rings (SSSR count). The Hall–Kier alpha value is -1.34. The summed E-state index contributed by atoms with van der Waals surface area (Å²) in [7, 11) is 0. The van der Waals surface area contributed by atoms with Crippen molar-refractivity contribution in [1.82, 2.24) is 4.57 Å². The summed E-state index contributed by atoms with van der Waals surface area (Å²) >= 11 is 5.44. The summed E-state index contributed by atoms with van der Waals surface area (Å²) in [6.45, 7) is -0.505. The van der Waals surface area contributed by atoms with Gasteiger partial charge in [0.1, 0.15) is 35.1 Å². The fraction of sp³-hybridized carbons (Fsp3) is 0.647. The van der Waals surface area contributed by atoms with Crippen LogP contribution in [0.5, 0.6) is 0 Å². The summed E-state index contributed by atoms with van der Waals surface area (Å²) in [5.41, 5.74) is 2.18. The Morgan fingerprint density at radius 2 is 1.88 bits per heavy atom. The van der Waals surface area contributed by atoms with Gasteiger partial charge in [-0.1, -0.05) is 18.6 Å². The number of hydrogen-bond donors (Lipinski definition) is 4. The number of fused-ring (bicyclic) bond motifs is 1. The molecule has 1 aliphatic heterocycles. The largest absolute Gasteiger partial charge is 0.394 e. The minimum atomic E-state index is -1.48. The summed E-state index contributed by atoms with van der Waals surface area (Å²) in [4.78, 5) is 0. The van der Waals surface area contributed by atoms with Crippen molar-refractivity contribution in [2.75, 3.05) is 6.61 Å². The third-order valence-electron chi connectivity index (χ3n) is 5.03. The van der Waals surface area contributed by atoms with Gasteiger partial charge in [-0.15, -0.1) is 0 Å². The van der Waals surface area contributed by atoms with Gasteiger partial charge in [0.15, 0.2) is 6.23 Å². The van der Waals surface area contributed by atoms with Gasteiger partial charge in [0.25, 0.3) is 0 Å². The molecular formula is C17H22N2O5S. The predicted octanol–water partition coefficient (Wildman–Crippen LogP) is 0.331. The molecule has 0 aromatic carbocycles. The standard InChI is InChI=1S/C17H22N2O5S/c18-7-10-6-9-4-2-1-3-5-11(9)19(17(10)25)16-15(23)14(22)13(21)12(8-20)24-16/h6,12-16,20-23H,1-5,8H2/t12-,13+,14+,15+,16+/m0/s1. The molecule has 0 amide bonds. The highest BCUT2D eigenvalue weighted by molar-refractivity contribution is 7.71. The molecule has 136 valence electrons. The first kappa shape index (κ1) is 18.5. The molecule has 0 saturated carbocycles. The molecule has 0 unspecified atom stereocenters. The fourth-order valence-corrected chi connectivity index (χ4v) is 3.97. The van der Waals surface area contributed by atoms with Crippen LogP contribution in [0.2, 0.25) is 0 Å². The SMILES string of the molecule is N#Cc1cc2c(n([C@@H]3O[C@@H](CO)[C@@H](O)[C@@H](O)[C@H]3O)c1=S)CCCCC2. The van der Waals surface area contributed by atoms with Crippen LogP contribution < -0.4 is 0 Å². The summed E-state index contributed by atoms with van der Waals surface area (Å²) < 4.78 is 7.50. The van der Waals surface area contributed by atoms with Gasteiger partial charge < -0.3 is 29.7 Å². The summed E-state index contributed by atoms with van der Waals surface area (Å²) in [5.74, 6) is 0. The summed E-state index contributed by atoms with van der Waals surface area (Å²) in [6, 6.07) is 3.88. The lowest BCUT2D eigenvalue weighted by Gasteiger charge is -2.41. The number of nitrogens with zero attached hydrogens (tertiary/aromatic N) is 2. The molecule has 25 heavy (non-hydrogen) atoms. The van der Waals surface area contributed by atoms with Crippen LogP contribution in [-0.2, 0) is 17.6 Å². The van der Waals surface area contributed by atoms with E-state index >= 15 is 0 Å². The van der Waals surface area contributed by atoms with Gasteiger partial charge in [0.05, 0.1) is 12.2 Å². The molecule has 8 heteroatoms. The van der Waals surface area contributed by atoms with Crippen LogP contribution in [0.1, 0.15) is 42.3 Å². The average Bonchev–Trinajstić information content (AvgIpc) is 2.85. The summed E-state index contributed by atoms with van der Waals surface area (Å²) in [5, 5.41) is 49.4. The first-order valence-electron chi connectivity index (χ1n) is 8.47.